The summed E-state index contributed by atoms with van der Waals surface area (Å²) >= 11 is 3.43. The van der Waals surface area contributed by atoms with Gasteiger partial charge in [0.1, 0.15) is 17.9 Å². The van der Waals surface area contributed by atoms with E-state index in [2.05, 4.69) is 21.2 Å². The molecule has 0 radical (unpaired) electrons. The number of imide groups is 1. The molecule has 1 N–H and O–H groups in total. The van der Waals surface area contributed by atoms with Crippen LogP contribution in [-0.4, -0.2) is 41.2 Å². The second-order valence-electron chi connectivity index (χ2n) is 6.79. The molecule has 0 aromatic heterocycles. The fraction of sp³-hybridized carbons (Fsp3) is 0.250. The van der Waals surface area contributed by atoms with E-state index in [4.69, 9.17) is 0 Å². The zero-order chi connectivity index (χ0) is 20.5. The fourth-order valence-electron chi connectivity index (χ4n) is 3.05. The average Bonchev–Trinajstić information content (AvgIpc) is 2.88. The van der Waals surface area contributed by atoms with Crippen molar-refractivity contribution in [2.75, 3.05) is 13.6 Å². The van der Waals surface area contributed by atoms with Crippen LogP contribution in [0, 0.1) is 5.82 Å². The van der Waals surface area contributed by atoms with Gasteiger partial charge in [0.25, 0.3) is 5.91 Å². The lowest BCUT2D eigenvalue weighted by molar-refractivity contribution is -0.138. The quantitative estimate of drug-likeness (QED) is 0.716. The Labute approximate surface area is 170 Å². The van der Waals surface area contributed by atoms with Gasteiger partial charge >= 0.3 is 6.03 Å². The molecule has 4 amide bonds. The monoisotopic (exact) mass is 447 g/mol. The number of nitrogens with one attached hydrogen (secondary N) is 1. The van der Waals surface area contributed by atoms with Crippen molar-refractivity contribution in [1.29, 1.82) is 0 Å². The normalized spacial score (nSPS) is 18.9. The molecule has 1 atom stereocenters. The van der Waals surface area contributed by atoms with Gasteiger partial charge in [0, 0.05) is 18.1 Å². The minimum absolute atomic E-state index is 0.332. The predicted octanol–water partition coefficient (Wildman–Crippen LogP) is 3.01. The Kier molecular flexibility index (Phi) is 5.51. The second-order valence-corrected chi connectivity index (χ2v) is 7.65. The van der Waals surface area contributed by atoms with Crippen LogP contribution in [0.5, 0.6) is 0 Å². The minimum atomic E-state index is -1.34. The molecule has 8 heteroatoms. The van der Waals surface area contributed by atoms with E-state index in [-0.39, 0.29) is 12.5 Å². The number of amides is 4. The van der Waals surface area contributed by atoms with Gasteiger partial charge in [-0.25, -0.2) is 9.18 Å². The van der Waals surface area contributed by atoms with Crippen molar-refractivity contribution in [2.24, 2.45) is 0 Å². The number of likely N-dealkylation sites (N-methyl/N-ethyl adjacent to an activating group) is 1. The van der Waals surface area contributed by atoms with E-state index < -0.39 is 23.3 Å². The highest BCUT2D eigenvalue weighted by Gasteiger charge is 2.49. The molecule has 28 heavy (non-hydrogen) atoms. The summed E-state index contributed by atoms with van der Waals surface area (Å²) in [5.41, 5.74) is 0.0157. The summed E-state index contributed by atoms with van der Waals surface area (Å²) in [6.07, 6.45) is 0. The van der Waals surface area contributed by atoms with Crippen LogP contribution in [0.15, 0.2) is 53.0 Å². The standard InChI is InChI=1S/C20H19BrFN3O3/c1-20(14-7-9-15(22)10-8-14)18(27)25(19(28)23-20)12-17(26)24(2)11-13-5-3-4-6-16(13)21/h3-10H,11-12H2,1-2H3,(H,23,28). The molecule has 146 valence electrons. The van der Waals surface area contributed by atoms with Crippen LogP contribution in [0.1, 0.15) is 18.1 Å². The number of carbonyl (C=O) groups is 3. The van der Waals surface area contributed by atoms with Crippen LogP contribution < -0.4 is 5.32 Å². The molecule has 0 spiro atoms. The molecule has 1 aliphatic rings. The fourth-order valence-corrected chi connectivity index (χ4v) is 3.46. The van der Waals surface area contributed by atoms with Crippen molar-refractivity contribution in [1.82, 2.24) is 15.1 Å². The summed E-state index contributed by atoms with van der Waals surface area (Å²) < 4.78 is 14.0. The Hall–Kier alpha value is -2.74. The van der Waals surface area contributed by atoms with Crippen LogP contribution in [0.25, 0.3) is 0 Å². The number of rotatable bonds is 5. The van der Waals surface area contributed by atoms with Gasteiger partial charge in [-0.3, -0.25) is 14.5 Å². The molecule has 6 nitrogen and oxygen atoms in total. The maximum absolute atomic E-state index is 13.2. The highest BCUT2D eigenvalue weighted by atomic mass is 79.9. The van der Waals surface area contributed by atoms with Gasteiger partial charge in [-0.15, -0.1) is 0 Å². The van der Waals surface area contributed by atoms with Gasteiger partial charge in [-0.2, -0.15) is 0 Å². The highest BCUT2D eigenvalue weighted by Crippen LogP contribution is 2.29. The molecule has 0 saturated carbocycles. The summed E-state index contributed by atoms with van der Waals surface area (Å²) in [7, 11) is 1.61. The first-order valence-corrected chi connectivity index (χ1v) is 9.39. The summed E-state index contributed by atoms with van der Waals surface area (Å²) in [5.74, 6) is -1.36. The van der Waals surface area contributed by atoms with Gasteiger partial charge in [-0.05, 0) is 36.2 Å². The number of hydrogen-bond donors (Lipinski definition) is 1. The number of hydrogen-bond acceptors (Lipinski definition) is 3. The number of carbonyl (C=O) groups excluding carboxylic acids is 3. The van der Waals surface area contributed by atoms with Crippen molar-refractivity contribution in [2.45, 2.75) is 19.0 Å². The lowest BCUT2D eigenvalue weighted by Gasteiger charge is -2.23. The van der Waals surface area contributed by atoms with Crippen LogP contribution in [0.4, 0.5) is 9.18 Å². The molecular formula is C20H19BrFN3O3. The third kappa shape index (κ3) is 3.77. The molecule has 1 saturated heterocycles. The number of halogens is 2. The van der Waals surface area contributed by atoms with Crippen LogP contribution >= 0.6 is 15.9 Å². The van der Waals surface area contributed by atoms with Gasteiger partial charge < -0.3 is 10.2 Å². The molecular weight excluding hydrogens is 429 g/mol. The maximum atomic E-state index is 13.2. The van der Waals surface area contributed by atoms with E-state index in [1.54, 1.807) is 7.05 Å². The van der Waals surface area contributed by atoms with Gasteiger partial charge in [0.15, 0.2) is 0 Å². The lowest BCUT2D eigenvalue weighted by Crippen LogP contribution is -2.43. The van der Waals surface area contributed by atoms with Gasteiger partial charge in [-0.1, -0.05) is 46.3 Å². The van der Waals surface area contributed by atoms with Crippen LogP contribution in [0.2, 0.25) is 0 Å². The summed E-state index contributed by atoms with van der Waals surface area (Å²) in [6, 6.07) is 12.2. The minimum Gasteiger partial charge on any atom is -0.340 e. The van der Waals surface area contributed by atoms with E-state index in [9.17, 15) is 18.8 Å². The molecule has 1 unspecified atom stereocenters. The molecule has 1 heterocycles. The molecule has 2 aromatic rings. The third-order valence-corrected chi connectivity index (χ3v) is 5.55. The van der Waals surface area contributed by atoms with Crippen LogP contribution in [-0.2, 0) is 21.7 Å². The Balaban J connectivity index is 1.72. The molecule has 0 bridgehead atoms. The first-order chi connectivity index (χ1) is 13.2. The zero-order valence-corrected chi connectivity index (χ0v) is 17.0. The third-order valence-electron chi connectivity index (χ3n) is 4.78. The Morgan fingerprint density at radius 2 is 1.82 bits per heavy atom. The summed E-state index contributed by atoms with van der Waals surface area (Å²) in [4.78, 5) is 40.1. The van der Waals surface area contributed by atoms with E-state index in [1.807, 2.05) is 24.3 Å². The predicted molar refractivity (Wildman–Crippen MR) is 105 cm³/mol. The largest absolute Gasteiger partial charge is 0.340 e. The molecule has 1 aliphatic heterocycles. The first kappa shape index (κ1) is 20.0. The topological polar surface area (TPSA) is 69.7 Å². The molecule has 2 aromatic carbocycles. The number of urea groups is 1. The molecule has 0 aliphatic carbocycles. The average molecular weight is 448 g/mol. The van der Waals surface area contributed by atoms with Gasteiger partial charge in [0.2, 0.25) is 5.91 Å². The second kappa shape index (κ2) is 7.71. The Morgan fingerprint density at radius 1 is 1.18 bits per heavy atom. The zero-order valence-electron chi connectivity index (χ0n) is 15.4. The Bertz CT molecular complexity index is 935. The van der Waals surface area contributed by atoms with Crippen molar-refractivity contribution in [3.63, 3.8) is 0 Å². The summed E-state index contributed by atoms with van der Waals surface area (Å²) in [6.45, 7) is 1.50. The summed E-state index contributed by atoms with van der Waals surface area (Å²) in [5, 5.41) is 2.61. The maximum Gasteiger partial charge on any atom is 0.325 e. The van der Waals surface area contributed by atoms with Crippen molar-refractivity contribution < 1.29 is 18.8 Å². The molecule has 3 rings (SSSR count). The smallest absolute Gasteiger partial charge is 0.325 e. The van der Waals surface area contributed by atoms with Crippen molar-refractivity contribution in [3.8, 4) is 0 Å². The first-order valence-electron chi connectivity index (χ1n) is 8.60. The van der Waals surface area contributed by atoms with Crippen molar-refractivity contribution in [3.05, 3.63) is 69.9 Å². The van der Waals surface area contributed by atoms with Crippen LogP contribution in [0.3, 0.4) is 0 Å². The Morgan fingerprint density at radius 3 is 2.46 bits per heavy atom. The van der Waals surface area contributed by atoms with E-state index >= 15 is 0 Å². The SMILES string of the molecule is CN(Cc1ccccc1Br)C(=O)CN1C(=O)NC(C)(c2ccc(F)cc2)C1=O. The number of benzene rings is 2. The van der Waals surface area contributed by atoms with E-state index in [1.165, 1.54) is 36.1 Å². The van der Waals surface area contributed by atoms with E-state index in [0.717, 1.165) is 14.9 Å². The lowest BCUT2D eigenvalue weighted by atomic mass is 9.92. The van der Waals surface area contributed by atoms with Crippen molar-refractivity contribution >= 4 is 33.8 Å². The van der Waals surface area contributed by atoms with Gasteiger partial charge in [0.05, 0.1) is 0 Å². The highest BCUT2D eigenvalue weighted by molar-refractivity contribution is 9.10. The van der Waals surface area contributed by atoms with E-state index in [0.29, 0.717) is 12.1 Å². The number of nitrogens with zero attached hydrogens (tertiary/aromatic N) is 2. The molecule has 1 fully saturated rings.